The van der Waals surface area contributed by atoms with Gasteiger partial charge in [0, 0.05) is 0 Å². The molecule has 0 aromatic carbocycles. The van der Waals surface area contributed by atoms with E-state index in [0.29, 0.717) is 24.1 Å². The van der Waals surface area contributed by atoms with Gasteiger partial charge in [0.2, 0.25) is 11.8 Å². The average Bonchev–Trinajstić information content (AvgIpc) is 2.37. The van der Waals surface area contributed by atoms with Crippen LogP contribution in [0.15, 0.2) is 6.33 Å². The molecule has 1 fully saturated rings. The number of nitrogens with zero attached hydrogens (tertiary/aromatic N) is 2. The molecule has 1 aromatic rings. The van der Waals surface area contributed by atoms with E-state index in [-0.39, 0.29) is 6.10 Å². The van der Waals surface area contributed by atoms with Crippen molar-refractivity contribution in [1.82, 2.24) is 9.97 Å². The quantitative estimate of drug-likeness (QED) is 0.889. The van der Waals surface area contributed by atoms with Crippen molar-refractivity contribution in [3.63, 3.8) is 0 Å². The smallest absolute Gasteiger partial charge is 0.244 e. The van der Waals surface area contributed by atoms with Crippen LogP contribution in [0.5, 0.6) is 11.8 Å². The van der Waals surface area contributed by atoms with Crippen LogP contribution in [0.2, 0.25) is 0 Å². The summed E-state index contributed by atoms with van der Waals surface area (Å²) in [5.41, 5.74) is 6.34. The number of anilines is 1. The Morgan fingerprint density at radius 3 is 2.56 bits per heavy atom. The maximum atomic E-state index is 5.94. The van der Waals surface area contributed by atoms with Gasteiger partial charge in [-0.1, -0.05) is 6.92 Å². The lowest BCUT2D eigenvalue weighted by Gasteiger charge is -2.26. The first-order valence-electron chi connectivity index (χ1n) is 6.60. The van der Waals surface area contributed by atoms with Gasteiger partial charge >= 0.3 is 0 Å². The molecule has 0 unspecified atom stereocenters. The SMILES string of the molecule is CCOc1ncnc(OC2CCC(C)CC2)c1N. The van der Waals surface area contributed by atoms with Crippen molar-refractivity contribution < 1.29 is 9.47 Å². The van der Waals surface area contributed by atoms with Gasteiger partial charge in [0.15, 0.2) is 5.69 Å². The monoisotopic (exact) mass is 251 g/mol. The standard InChI is InChI=1S/C13H21N3O2/c1-3-17-12-11(14)13(16-8-15-12)18-10-6-4-9(2)5-7-10/h8-10H,3-7,14H2,1-2H3. The van der Waals surface area contributed by atoms with E-state index >= 15 is 0 Å². The number of nitrogens with two attached hydrogens (primary N) is 1. The lowest BCUT2D eigenvalue weighted by molar-refractivity contribution is 0.130. The number of hydrogen-bond donors (Lipinski definition) is 1. The van der Waals surface area contributed by atoms with E-state index in [9.17, 15) is 0 Å². The molecular weight excluding hydrogens is 230 g/mol. The third kappa shape index (κ3) is 3.03. The van der Waals surface area contributed by atoms with Crippen LogP contribution in [0, 0.1) is 5.92 Å². The average molecular weight is 251 g/mol. The topological polar surface area (TPSA) is 70.3 Å². The van der Waals surface area contributed by atoms with Gasteiger partial charge in [-0.05, 0) is 38.5 Å². The van der Waals surface area contributed by atoms with E-state index < -0.39 is 0 Å². The largest absolute Gasteiger partial charge is 0.476 e. The molecule has 1 aliphatic rings. The Hall–Kier alpha value is -1.52. The minimum Gasteiger partial charge on any atom is -0.476 e. The van der Waals surface area contributed by atoms with Gasteiger partial charge in [-0.15, -0.1) is 0 Å². The van der Waals surface area contributed by atoms with E-state index in [1.165, 1.54) is 19.2 Å². The second kappa shape index (κ2) is 5.89. The van der Waals surface area contributed by atoms with Crippen molar-refractivity contribution in [2.24, 2.45) is 5.92 Å². The predicted octanol–water partition coefficient (Wildman–Crippen LogP) is 2.42. The van der Waals surface area contributed by atoms with Gasteiger partial charge in [-0.2, -0.15) is 9.97 Å². The van der Waals surface area contributed by atoms with E-state index in [1.807, 2.05) is 6.92 Å². The molecule has 1 heterocycles. The summed E-state index contributed by atoms with van der Waals surface area (Å²) < 4.78 is 11.2. The summed E-state index contributed by atoms with van der Waals surface area (Å²) in [6.07, 6.45) is 6.18. The Bertz CT molecular complexity index is 390. The Kier molecular flexibility index (Phi) is 4.23. The highest BCUT2D eigenvalue weighted by atomic mass is 16.5. The van der Waals surface area contributed by atoms with Crippen molar-refractivity contribution in [2.45, 2.75) is 45.6 Å². The maximum Gasteiger partial charge on any atom is 0.244 e. The number of hydrogen-bond acceptors (Lipinski definition) is 5. The van der Waals surface area contributed by atoms with E-state index in [1.54, 1.807) is 0 Å². The third-order valence-electron chi connectivity index (χ3n) is 3.33. The molecule has 1 aromatic heterocycles. The molecule has 0 bridgehead atoms. The summed E-state index contributed by atoms with van der Waals surface area (Å²) >= 11 is 0. The van der Waals surface area contributed by atoms with Crippen molar-refractivity contribution in [3.05, 3.63) is 6.33 Å². The van der Waals surface area contributed by atoms with Crippen LogP contribution in [-0.4, -0.2) is 22.7 Å². The first-order valence-corrected chi connectivity index (χ1v) is 6.60. The molecule has 0 radical (unpaired) electrons. The number of rotatable bonds is 4. The van der Waals surface area contributed by atoms with Crippen LogP contribution in [0.3, 0.4) is 0 Å². The molecule has 0 aliphatic heterocycles. The lowest BCUT2D eigenvalue weighted by atomic mass is 9.89. The van der Waals surface area contributed by atoms with E-state index in [4.69, 9.17) is 15.2 Å². The first kappa shape index (κ1) is 12.9. The summed E-state index contributed by atoms with van der Waals surface area (Å²) in [5.74, 6) is 1.66. The fourth-order valence-corrected chi connectivity index (χ4v) is 2.22. The normalized spacial score (nSPS) is 23.7. The molecule has 2 N–H and O–H groups in total. The van der Waals surface area contributed by atoms with Crippen molar-refractivity contribution in [2.75, 3.05) is 12.3 Å². The second-order valence-electron chi connectivity index (χ2n) is 4.83. The molecule has 5 heteroatoms. The number of nitrogen functional groups attached to an aromatic ring is 1. The van der Waals surface area contributed by atoms with E-state index in [2.05, 4.69) is 16.9 Å². The zero-order valence-electron chi connectivity index (χ0n) is 11.1. The van der Waals surface area contributed by atoms with Crippen molar-refractivity contribution in [1.29, 1.82) is 0 Å². The highest BCUT2D eigenvalue weighted by Crippen LogP contribution is 2.31. The molecule has 1 aliphatic carbocycles. The highest BCUT2D eigenvalue weighted by molar-refractivity contribution is 5.55. The van der Waals surface area contributed by atoms with Gasteiger partial charge in [0.1, 0.15) is 12.4 Å². The Balaban J connectivity index is 2.02. The van der Waals surface area contributed by atoms with Crippen LogP contribution < -0.4 is 15.2 Å². The van der Waals surface area contributed by atoms with E-state index in [0.717, 1.165) is 18.8 Å². The molecule has 18 heavy (non-hydrogen) atoms. The number of aromatic nitrogens is 2. The van der Waals surface area contributed by atoms with Crippen LogP contribution in [0.25, 0.3) is 0 Å². The third-order valence-corrected chi connectivity index (χ3v) is 3.33. The maximum absolute atomic E-state index is 5.94. The summed E-state index contributed by atoms with van der Waals surface area (Å²) in [6, 6.07) is 0. The highest BCUT2D eigenvalue weighted by Gasteiger charge is 2.21. The molecule has 2 rings (SSSR count). The summed E-state index contributed by atoms with van der Waals surface area (Å²) in [4.78, 5) is 8.09. The first-order chi connectivity index (χ1) is 8.70. The van der Waals surface area contributed by atoms with Gasteiger partial charge < -0.3 is 15.2 Å². The molecule has 1 saturated carbocycles. The van der Waals surface area contributed by atoms with Crippen LogP contribution in [0.1, 0.15) is 39.5 Å². The fourth-order valence-electron chi connectivity index (χ4n) is 2.22. The van der Waals surface area contributed by atoms with Gasteiger partial charge in [0.05, 0.1) is 6.61 Å². The molecule has 0 amide bonds. The zero-order valence-corrected chi connectivity index (χ0v) is 11.1. The van der Waals surface area contributed by atoms with Gasteiger partial charge in [-0.3, -0.25) is 0 Å². The van der Waals surface area contributed by atoms with Crippen molar-refractivity contribution >= 4 is 5.69 Å². The van der Waals surface area contributed by atoms with Crippen molar-refractivity contribution in [3.8, 4) is 11.8 Å². The molecule has 0 spiro atoms. The fraction of sp³-hybridized carbons (Fsp3) is 0.692. The Labute approximate surface area is 108 Å². The zero-order chi connectivity index (χ0) is 13.0. The summed E-state index contributed by atoms with van der Waals surface area (Å²) in [7, 11) is 0. The minimum absolute atomic E-state index is 0.216. The summed E-state index contributed by atoms with van der Waals surface area (Å²) in [6.45, 7) is 4.70. The van der Waals surface area contributed by atoms with Crippen LogP contribution >= 0.6 is 0 Å². The molecular formula is C13H21N3O2. The van der Waals surface area contributed by atoms with Gasteiger partial charge in [-0.25, -0.2) is 0 Å². The Morgan fingerprint density at radius 1 is 1.22 bits per heavy atom. The molecule has 0 atom stereocenters. The molecule has 100 valence electrons. The molecule has 5 nitrogen and oxygen atoms in total. The summed E-state index contributed by atoms with van der Waals surface area (Å²) in [5, 5.41) is 0. The second-order valence-corrected chi connectivity index (χ2v) is 4.83. The predicted molar refractivity (Wildman–Crippen MR) is 69.7 cm³/mol. The minimum atomic E-state index is 0.216. The lowest BCUT2D eigenvalue weighted by Crippen LogP contribution is -2.24. The molecule has 0 saturated heterocycles. The van der Waals surface area contributed by atoms with Gasteiger partial charge in [0.25, 0.3) is 0 Å². The van der Waals surface area contributed by atoms with Crippen LogP contribution in [0.4, 0.5) is 5.69 Å². The number of ether oxygens (including phenoxy) is 2. The Morgan fingerprint density at radius 2 is 1.89 bits per heavy atom. The van der Waals surface area contributed by atoms with Crippen LogP contribution in [-0.2, 0) is 0 Å².